The Morgan fingerprint density at radius 1 is 1.33 bits per heavy atom. The molecule has 1 aromatic carbocycles. The molecule has 1 aliphatic rings. The fourth-order valence-electron chi connectivity index (χ4n) is 2.98. The quantitative estimate of drug-likeness (QED) is 0.752. The van der Waals surface area contributed by atoms with Crippen molar-refractivity contribution in [3.05, 3.63) is 35.5 Å². The molecule has 0 amide bonds. The number of nitrogens with one attached hydrogen (secondary N) is 1. The molecule has 0 spiro atoms. The molecule has 0 radical (unpaired) electrons. The standard InChI is InChI=1S/C14H17N/c1-2-5-10-8-9-13-14(10)11-6-3-4-7-12(11)15-13/h3-4,6-7,10,15H,2,5,8-9H2,1H3. The first-order valence-electron chi connectivity index (χ1n) is 5.99. The topological polar surface area (TPSA) is 15.8 Å². The minimum absolute atomic E-state index is 0.807. The van der Waals surface area contributed by atoms with E-state index in [-0.39, 0.29) is 0 Å². The van der Waals surface area contributed by atoms with Gasteiger partial charge in [-0.1, -0.05) is 31.5 Å². The first kappa shape index (κ1) is 9.02. The Morgan fingerprint density at radius 2 is 2.20 bits per heavy atom. The van der Waals surface area contributed by atoms with Gasteiger partial charge in [0.05, 0.1) is 0 Å². The van der Waals surface area contributed by atoms with Crippen molar-refractivity contribution in [1.82, 2.24) is 4.98 Å². The van der Waals surface area contributed by atoms with Crippen LogP contribution in [-0.4, -0.2) is 4.98 Å². The Balaban J connectivity index is 2.16. The van der Waals surface area contributed by atoms with Gasteiger partial charge in [0, 0.05) is 16.6 Å². The highest BCUT2D eigenvalue weighted by Crippen LogP contribution is 2.40. The number of benzene rings is 1. The summed E-state index contributed by atoms with van der Waals surface area (Å²) < 4.78 is 0. The van der Waals surface area contributed by atoms with Gasteiger partial charge in [-0.2, -0.15) is 0 Å². The van der Waals surface area contributed by atoms with Crippen molar-refractivity contribution < 1.29 is 0 Å². The van der Waals surface area contributed by atoms with Crippen LogP contribution in [0.2, 0.25) is 0 Å². The molecule has 15 heavy (non-hydrogen) atoms. The third kappa shape index (κ3) is 1.30. The van der Waals surface area contributed by atoms with Crippen molar-refractivity contribution in [2.45, 2.75) is 38.5 Å². The zero-order valence-electron chi connectivity index (χ0n) is 9.22. The van der Waals surface area contributed by atoms with Gasteiger partial charge in [-0.3, -0.25) is 0 Å². The molecule has 0 fully saturated rings. The molecule has 1 N–H and O–H groups in total. The lowest BCUT2D eigenvalue weighted by atomic mass is 9.95. The molecular weight excluding hydrogens is 182 g/mol. The van der Waals surface area contributed by atoms with E-state index in [1.165, 1.54) is 42.3 Å². The predicted octanol–water partition coefficient (Wildman–Crippen LogP) is 4.00. The molecule has 0 saturated carbocycles. The maximum Gasteiger partial charge on any atom is 0.0459 e. The van der Waals surface area contributed by atoms with Gasteiger partial charge in [0.25, 0.3) is 0 Å². The van der Waals surface area contributed by atoms with Crippen LogP contribution >= 0.6 is 0 Å². The van der Waals surface area contributed by atoms with Crippen molar-refractivity contribution in [3.63, 3.8) is 0 Å². The van der Waals surface area contributed by atoms with Crippen LogP contribution in [0, 0.1) is 0 Å². The SMILES string of the molecule is CCCC1CCc2[nH]c3ccccc3c21. The number of fused-ring (bicyclic) bond motifs is 3. The van der Waals surface area contributed by atoms with Gasteiger partial charge in [-0.15, -0.1) is 0 Å². The Bertz CT molecular complexity index is 481. The molecule has 1 unspecified atom stereocenters. The van der Waals surface area contributed by atoms with Gasteiger partial charge in [-0.25, -0.2) is 0 Å². The Labute approximate surface area is 90.5 Å². The van der Waals surface area contributed by atoms with Gasteiger partial charge in [0.1, 0.15) is 0 Å². The van der Waals surface area contributed by atoms with Crippen molar-refractivity contribution in [3.8, 4) is 0 Å². The molecule has 1 heterocycles. The van der Waals surface area contributed by atoms with Gasteiger partial charge in [-0.05, 0) is 36.8 Å². The van der Waals surface area contributed by atoms with Crippen LogP contribution in [0.4, 0.5) is 0 Å². The fourth-order valence-corrected chi connectivity index (χ4v) is 2.98. The van der Waals surface area contributed by atoms with E-state index >= 15 is 0 Å². The summed E-state index contributed by atoms with van der Waals surface area (Å²) in [4.78, 5) is 3.56. The maximum atomic E-state index is 3.56. The zero-order valence-corrected chi connectivity index (χ0v) is 9.22. The third-order valence-corrected chi connectivity index (χ3v) is 3.62. The van der Waals surface area contributed by atoms with Gasteiger partial charge >= 0.3 is 0 Å². The van der Waals surface area contributed by atoms with Gasteiger partial charge in [0.15, 0.2) is 0 Å². The lowest BCUT2D eigenvalue weighted by molar-refractivity contribution is 0.610. The minimum Gasteiger partial charge on any atom is -0.358 e. The van der Waals surface area contributed by atoms with Crippen molar-refractivity contribution in [2.75, 3.05) is 0 Å². The second kappa shape index (κ2) is 3.41. The monoisotopic (exact) mass is 199 g/mol. The summed E-state index contributed by atoms with van der Waals surface area (Å²) in [6.45, 7) is 2.28. The first-order valence-corrected chi connectivity index (χ1v) is 5.99. The van der Waals surface area contributed by atoms with Crippen molar-refractivity contribution in [2.24, 2.45) is 0 Å². The number of H-pyrrole nitrogens is 1. The van der Waals surface area contributed by atoms with Crippen LogP contribution in [0.3, 0.4) is 0 Å². The van der Waals surface area contributed by atoms with Gasteiger partial charge in [0.2, 0.25) is 0 Å². The normalized spacial score (nSPS) is 19.7. The van der Waals surface area contributed by atoms with Crippen LogP contribution in [0.25, 0.3) is 10.9 Å². The predicted molar refractivity (Wildman–Crippen MR) is 64.3 cm³/mol. The Kier molecular flexibility index (Phi) is 2.05. The van der Waals surface area contributed by atoms with E-state index in [1.54, 1.807) is 5.56 Å². The molecule has 1 aromatic heterocycles. The first-order chi connectivity index (χ1) is 7.40. The van der Waals surface area contributed by atoms with E-state index in [1.807, 2.05) is 0 Å². The second-order valence-corrected chi connectivity index (χ2v) is 4.59. The zero-order chi connectivity index (χ0) is 10.3. The van der Waals surface area contributed by atoms with E-state index in [0.717, 1.165) is 5.92 Å². The van der Waals surface area contributed by atoms with Gasteiger partial charge < -0.3 is 4.98 Å². The average molecular weight is 199 g/mol. The van der Waals surface area contributed by atoms with E-state index in [2.05, 4.69) is 36.2 Å². The van der Waals surface area contributed by atoms with E-state index < -0.39 is 0 Å². The smallest absolute Gasteiger partial charge is 0.0459 e. The number of hydrogen-bond acceptors (Lipinski definition) is 0. The summed E-state index contributed by atoms with van der Waals surface area (Å²) in [7, 11) is 0. The summed E-state index contributed by atoms with van der Waals surface area (Å²) in [6, 6.07) is 8.72. The number of hydrogen-bond donors (Lipinski definition) is 1. The highest BCUT2D eigenvalue weighted by atomic mass is 14.7. The minimum atomic E-state index is 0.807. The average Bonchev–Trinajstić information content (AvgIpc) is 2.78. The van der Waals surface area contributed by atoms with Crippen LogP contribution < -0.4 is 0 Å². The third-order valence-electron chi connectivity index (χ3n) is 3.62. The summed E-state index contributed by atoms with van der Waals surface area (Å²) in [5.74, 6) is 0.807. The highest BCUT2D eigenvalue weighted by Gasteiger charge is 2.25. The summed E-state index contributed by atoms with van der Waals surface area (Å²) in [5, 5.41) is 1.46. The molecule has 2 aromatic rings. The van der Waals surface area contributed by atoms with E-state index in [0.29, 0.717) is 0 Å². The Morgan fingerprint density at radius 3 is 3.07 bits per heavy atom. The largest absolute Gasteiger partial charge is 0.358 e. The number of para-hydroxylation sites is 1. The number of aryl methyl sites for hydroxylation is 1. The van der Waals surface area contributed by atoms with Crippen LogP contribution in [0.1, 0.15) is 43.4 Å². The molecule has 1 nitrogen and oxygen atoms in total. The molecule has 0 saturated heterocycles. The molecule has 1 atom stereocenters. The number of rotatable bonds is 2. The molecular formula is C14H17N. The van der Waals surface area contributed by atoms with E-state index in [9.17, 15) is 0 Å². The number of aromatic nitrogens is 1. The fraction of sp³-hybridized carbons (Fsp3) is 0.429. The summed E-state index contributed by atoms with van der Waals surface area (Å²) in [6.07, 6.45) is 5.23. The Hall–Kier alpha value is -1.24. The van der Waals surface area contributed by atoms with E-state index in [4.69, 9.17) is 0 Å². The second-order valence-electron chi connectivity index (χ2n) is 4.59. The lowest BCUT2D eigenvalue weighted by Gasteiger charge is -2.08. The van der Waals surface area contributed by atoms with Crippen LogP contribution in [0.15, 0.2) is 24.3 Å². The molecule has 0 bridgehead atoms. The molecule has 3 rings (SSSR count). The molecule has 78 valence electrons. The highest BCUT2D eigenvalue weighted by molar-refractivity contribution is 5.85. The molecule has 1 aliphatic carbocycles. The van der Waals surface area contributed by atoms with Crippen molar-refractivity contribution in [1.29, 1.82) is 0 Å². The lowest BCUT2D eigenvalue weighted by Crippen LogP contribution is -1.91. The summed E-state index contributed by atoms with van der Waals surface area (Å²) in [5.41, 5.74) is 4.44. The summed E-state index contributed by atoms with van der Waals surface area (Å²) >= 11 is 0. The van der Waals surface area contributed by atoms with Crippen LogP contribution in [0.5, 0.6) is 0 Å². The molecule has 1 heteroatoms. The number of aromatic amines is 1. The van der Waals surface area contributed by atoms with Crippen molar-refractivity contribution >= 4 is 10.9 Å². The maximum absolute atomic E-state index is 3.56. The molecule has 0 aliphatic heterocycles. The van der Waals surface area contributed by atoms with Crippen LogP contribution in [-0.2, 0) is 6.42 Å².